The van der Waals surface area contributed by atoms with Crippen LogP contribution >= 0.6 is 0 Å². The normalized spacial score (nSPS) is 18.7. The van der Waals surface area contributed by atoms with Crippen LogP contribution in [0.15, 0.2) is 24.2 Å². The average Bonchev–Trinajstić information content (AvgIpc) is 2.83. The number of hydrogen-bond acceptors (Lipinski definition) is 3. The number of allylic oxidation sites excluding steroid dienone is 2. The van der Waals surface area contributed by atoms with Gasteiger partial charge in [0, 0.05) is 18.2 Å². The molecule has 2 heterocycles. The van der Waals surface area contributed by atoms with Crippen LogP contribution in [0.4, 0.5) is 0 Å². The van der Waals surface area contributed by atoms with Crippen LogP contribution in [0.5, 0.6) is 0 Å². The zero-order valence-electron chi connectivity index (χ0n) is 12.7. The van der Waals surface area contributed by atoms with Gasteiger partial charge in [-0.25, -0.2) is 4.98 Å². The first-order valence-corrected chi connectivity index (χ1v) is 6.76. The van der Waals surface area contributed by atoms with Crippen LogP contribution in [0.2, 0.25) is 0 Å². The van der Waals surface area contributed by atoms with E-state index in [-0.39, 0.29) is 29.5 Å². The lowest BCUT2D eigenvalue weighted by Crippen LogP contribution is -2.47. The van der Waals surface area contributed by atoms with Gasteiger partial charge in [0.25, 0.3) is 5.91 Å². The molecule has 2 amide bonds. The zero-order chi connectivity index (χ0) is 15.6. The molecule has 0 aromatic carbocycles. The molecule has 0 unspecified atom stereocenters. The fraction of sp³-hybridized carbons (Fsp3) is 0.400. The van der Waals surface area contributed by atoms with E-state index in [0.717, 1.165) is 11.4 Å². The number of nitrogens with one attached hydrogen (secondary N) is 2. The highest BCUT2D eigenvalue weighted by Crippen LogP contribution is 2.23. The predicted octanol–water partition coefficient (Wildman–Crippen LogP) is 1.19. The van der Waals surface area contributed by atoms with Gasteiger partial charge in [0.1, 0.15) is 5.70 Å². The number of carbonyl (C=O) groups excluding carboxylic acids is 2. The Morgan fingerprint density at radius 3 is 2.71 bits per heavy atom. The van der Waals surface area contributed by atoms with Crippen LogP contribution in [0.1, 0.15) is 32.2 Å². The molecular formula is C15H20N4O2. The van der Waals surface area contributed by atoms with E-state index < -0.39 is 0 Å². The number of amides is 2. The van der Waals surface area contributed by atoms with Crippen molar-refractivity contribution in [3.63, 3.8) is 0 Å². The summed E-state index contributed by atoms with van der Waals surface area (Å²) in [4.78, 5) is 32.1. The van der Waals surface area contributed by atoms with Gasteiger partial charge in [0.2, 0.25) is 5.91 Å². The van der Waals surface area contributed by atoms with E-state index in [1.54, 1.807) is 25.5 Å². The summed E-state index contributed by atoms with van der Waals surface area (Å²) in [6.07, 6.45) is 6.78. The molecule has 1 fully saturated rings. The standard InChI is InChI=1S/C15H20N4O2/c1-15(2,3)13-10(16-9-17-13)6-5-7-11-14(21)19(4)8-12(20)18-11/h5-7,9H,8H2,1-4H3,(H,16,17)(H,18,20)/b6-5+,11-7-. The molecule has 2 N–H and O–H groups in total. The van der Waals surface area contributed by atoms with E-state index in [4.69, 9.17) is 0 Å². The van der Waals surface area contributed by atoms with Crippen molar-refractivity contribution in [1.29, 1.82) is 0 Å². The van der Waals surface area contributed by atoms with Crippen molar-refractivity contribution in [1.82, 2.24) is 20.2 Å². The van der Waals surface area contributed by atoms with Crippen LogP contribution in [0, 0.1) is 0 Å². The SMILES string of the molecule is CN1CC(=O)N/C(=C\C=C\c2nc[nH]c2C(C)(C)C)C1=O. The Hall–Kier alpha value is -2.37. The second-order valence-corrected chi connectivity index (χ2v) is 6.06. The highest BCUT2D eigenvalue weighted by molar-refractivity contribution is 6.03. The number of rotatable bonds is 2. The Balaban J connectivity index is 2.19. The van der Waals surface area contributed by atoms with Gasteiger partial charge in [-0.3, -0.25) is 9.59 Å². The van der Waals surface area contributed by atoms with Crippen molar-refractivity contribution < 1.29 is 9.59 Å². The lowest BCUT2D eigenvalue weighted by Gasteiger charge is -2.24. The molecule has 21 heavy (non-hydrogen) atoms. The topological polar surface area (TPSA) is 78.1 Å². The smallest absolute Gasteiger partial charge is 0.270 e. The summed E-state index contributed by atoms with van der Waals surface area (Å²) >= 11 is 0. The maximum atomic E-state index is 11.9. The van der Waals surface area contributed by atoms with Crippen LogP contribution in [-0.2, 0) is 15.0 Å². The number of aromatic amines is 1. The average molecular weight is 288 g/mol. The van der Waals surface area contributed by atoms with Gasteiger partial charge in [0.15, 0.2) is 0 Å². The minimum absolute atomic E-state index is 0.0432. The van der Waals surface area contributed by atoms with E-state index in [1.165, 1.54) is 4.90 Å². The number of H-pyrrole nitrogens is 1. The van der Waals surface area contributed by atoms with Crippen LogP contribution in [0.25, 0.3) is 6.08 Å². The first-order valence-electron chi connectivity index (χ1n) is 6.76. The number of likely N-dealkylation sites (N-methyl/N-ethyl adjacent to an activating group) is 1. The number of carbonyl (C=O) groups is 2. The minimum atomic E-state index is -0.197. The first-order chi connectivity index (χ1) is 9.79. The number of imidazole rings is 1. The molecule has 1 saturated heterocycles. The van der Waals surface area contributed by atoms with Gasteiger partial charge < -0.3 is 15.2 Å². The third-order valence-corrected chi connectivity index (χ3v) is 3.17. The van der Waals surface area contributed by atoms with Gasteiger partial charge in [0.05, 0.1) is 18.6 Å². The summed E-state index contributed by atoms with van der Waals surface area (Å²) in [6, 6.07) is 0. The fourth-order valence-corrected chi connectivity index (χ4v) is 2.12. The number of aromatic nitrogens is 2. The molecule has 1 aromatic rings. The van der Waals surface area contributed by atoms with Crippen LogP contribution in [0.3, 0.4) is 0 Å². The molecule has 6 heteroatoms. The highest BCUT2D eigenvalue weighted by atomic mass is 16.2. The van der Waals surface area contributed by atoms with Crippen molar-refractivity contribution in [3.8, 4) is 0 Å². The summed E-state index contributed by atoms with van der Waals surface area (Å²) in [5.41, 5.74) is 2.08. The molecule has 112 valence electrons. The molecule has 1 aromatic heterocycles. The molecule has 6 nitrogen and oxygen atoms in total. The molecule has 0 saturated carbocycles. The summed E-state index contributed by atoms with van der Waals surface area (Å²) in [5.74, 6) is -0.385. The molecule has 0 aliphatic carbocycles. The molecule has 0 spiro atoms. The molecule has 2 rings (SSSR count). The quantitative estimate of drug-likeness (QED) is 0.802. The Morgan fingerprint density at radius 1 is 1.33 bits per heavy atom. The Bertz CT molecular complexity index is 620. The van der Waals surface area contributed by atoms with E-state index >= 15 is 0 Å². The van der Waals surface area contributed by atoms with E-state index in [9.17, 15) is 9.59 Å². The molecule has 0 bridgehead atoms. The second-order valence-electron chi connectivity index (χ2n) is 6.06. The van der Waals surface area contributed by atoms with Crippen molar-refractivity contribution in [2.45, 2.75) is 26.2 Å². The third kappa shape index (κ3) is 3.39. The third-order valence-electron chi connectivity index (χ3n) is 3.17. The summed E-state index contributed by atoms with van der Waals surface area (Å²) in [7, 11) is 1.60. The molecule has 1 aliphatic heterocycles. The number of nitrogens with zero attached hydrogens (tertiary/aromatic N) is 2. The zero-order valence-corrected chi connectivity index (χ0v) is 12.7. The van der Waals surface area contributed by atoms with Crippen LogP contribution in [-0.4, -0.2) is 40.3 Å². The maximum absolute atomic E-state index is 11.9. The van der Waals surface area contributed by atoms with Gasteiger partial charge in [-0.05, 0) is 12.2 Å². The Labute approximate surface area is 123 Å². The van der Waals surface area contributed by atoms with Gasteiger partial charge in [-0.15, -0.1) is 0 Å². The van der Waals surface area contributed by atoms with Crippen LogP contribution < -0.4 is 5.32 Å². The molecule has 0 atom stereocenters. The predicted molar refractivity (Wildman–Crippen MR) is 80.2 cm³/mol. The minimum Gasteiger partial charge on any atom is -0.348 e. The lowest BCUT2D eigenvalue weighted by atomic mass is 9.90. The van der Waals surface area contributed by atoms with Gasteiger partial charge in [-0.2, -0.15) is 0 Å². The van der Waals surface area contributed by atoms with Crippen molar-refractivity contribution >= 4 is 17.9 Å². The lowest BCUT2D eigenvalue weighted by molar-refractivity contribution is -0.136. The van der Waals surface area contributed by atoms with Crippen molar-refractivity contribution in [3.05, 3.63) is 35.6 Å². The maximum Gasteiger partial charge on any atom is 0.270 e. The van der Waals surface area contributed by atoms with E-state index in [1.807, 2.05) is 6.08 Å². The van der Waals surface area contributed by atoms with Crippen molar-refractivity contribution in [2.75, 3.05) is 13.6 Å². The number of hydrogen-bond donors (Lipinski definition) is 2. The summed E-state index contributed by atoms with van der Waals surface area (Å²) in [6.45, 7) is 6.37. The fourth-order valence-electron chi connectivity index (χ4n) is 2.12. The molecular weight excluding hydrogens is 268 g/mol. The Kier molecular flexibility index (Phi) is 3.97. The molecule has 0 radical (unpaired) electrons. The molecule has 1 aliphatic rings. The van der Waals surface area contributed by atoms with E-state index in [2.05, 4.69) is 36.1 Å². The largest absolute Gasteiger partial charge is 0.348 e. The first kappa shape index (κ1) is 15.0. The van der Waals surface area contributed by atoms with Gasteiger partial charge in [-0.1, -0.05) is 26.8 Å². The summed E-state index contributed by atoms with van der Waals surface area (Å²) in [5, 5.41) is 2.57. The monoisotopic (exact) mass is 288 g/mol. The number of piperazine rings is 1. The Morgan fingerprint density at radius 2 is 2.05 bits per heavy atom. The van der Waals surface area contributed by atoms with Gasteiger partial charge >= 0.3 is 0 Å². The second kappa shape index (κ2) is 5.55. The van der Waals surface area contributed by atoms with Crippen molar-refractivity contribution in [2.24, 2.45) is 0 Å². The van der Waals surface area contributed by atoms with E-state index in [0.29, 0.717) is 0 Å². The highest BCUT2D eigenvalue weighted by Gasteiger charge is 2.24. The summed E-state index contributed by atoms with van der Waals surface area (Å²) < 4.78 is 0.